The number of nitrogens with zero attached hydrogens (tertiary/aromatic N) is 3. The molecule has 3 rings (SSSR count). The molecule has 0 unspecified atom stereocenters. The van der Waals surface area contributed by atoms with Crippen LogP contribution in [0, 0.1) is 0 Å². The van der Waals surface area contributed by atoms with E-state index in [1.165, 1.54) is 4.68 Å². The second kappa shape index (κ2) is 4.89. The topological polar surface area (TPSA) is 57.0 Å². The maximum atomic E-state index is 12.1. The minimum absolute atomic E-state index is 0.0423. The number of hydrogen-bond acceptors (Lipinski definition) is 4. The molecule has 0 spiro atoms. The number of benzene rings is 2. The van der Waals surface area contributed by atoms with Crippen molar-refractivity contribution < 1.29 is 4.74 Å². The van der Waals surface area contributed by atoms with Crippen LogP contribution in [0.15, 0.2) is 59.4 Å². The molecular formula is C14H11N3O2. The van der Waals surface area contributed by atoms with E-state index in [2.05, 4.69) is 10.3 Å². The summed E-state index contributed by atoms with van der Waals surface area (Å²) in [6.07, 6.45) is 0. The van der Waals surface area contributed by atoms with Gasteiger partial charge < -0.3 is 4.74 Å². The molecular weight excluding hydrogens is 242 g/mol. The second-order valence-corrected chi connectivity index (χ2v) is 4.00. The summed E-state index contributed by atoms with van der Waals surface area (Å²) in [6.45, 7) is 0.0423. The van der Waals surface area contributed by atoms with Crippen LogP contribution in [0.2, 0.25) is 0 Å². The van der Waals surface area contributed by atoms with Gasteiger partial charge >= 0.3 is 0 Å². The van der Waals surface area contributed by atoms with Crippen LogP contribution in [0.25, 0.3) is 10.9 Å². The van der Waals surface area contributed by atoms with Crippen molar-refractivity contribution in [3.8, 4) is 5.75 Å². The zero-order chi connectivity index (χ0) is 13.1. The molecule has 0 aliphatic heterocycles. The van der Waals surface area contributed by atoms with E-state index in [4.69, 9.17) is 4.74 Å². The molecule has 19 heavy (non-hydrogen) atoms. The Balaban J connectivity index is 1.90. The fourth-order valence-corrected chi connectivity index (χ4v) is 1.76. The number of ether oxygens (including phenoxy) is 1. The first-order valence-electron chi connectivity index (χ1n) is 5.85. The normalized spacial score (nSPS) is 10.5. The van der Waals surface area contributed by atoms with E-state index >= 15 is 0 Å². The minimum atomic E-state index is -0.207. The van der Waals surface area contributed by atoms with E-state index < -0.39 is 0 Å². The van der Waals surface area contributed by atoms with Crippen molar-refractivity contribution >= 4 is 10.9 Å². The number of rotatable bonds is 3. The highest BCUT2D eigenvalue weighted by molar-refractivity contribution is 5.76. The Morgan fingerprint density at radius 2 is 1.74 bits per heavy atom. The maximum absolute atomic E-state index is 12.1. The van der Waals surface area contributed by atoms with E-state index in [0.717, 1.165) is 0 Å². The molecule has 0 saturated carbocycles. The molecule has 0 aliphatic carbocycles. The molecule has 0 bridgehead atoms. The predicted octanol–water partition coefficient (Wildman–Crippen LogP) is 1.83. The summed E-state index contributed by atoms with van der Waals surface area (Å²) in [5.41, 5.74) is 0.380. The number of hydrogen-bond donors (Lipinski definition) is 0. The lowest BCUT2D eigenvalue weighted by molar-refractivity contribution is 0.210. The van der Waals surface area contributed by atoms with Crippen LogP contribution < -0.4 is 10.3 Å². The summed E-state index contributed by atoms with van der Waals surface area (Å²) < 4.78 is 6.69. The van der Waals surface area contributed by atoms with Gasteiger partial charge in [0.1, 0.15) is 11.3 Å². The van der Waals surface area contributed by atoms with Crippen molar-refractivity contribution in [2.45, 2.75) is 6.73 Å². The first-order valence-corrected chi connectivity index (χ1v) is 5.85. The summed E-state index contributed by atoms with van der Waals surface area (Å²) in [7, 11) is 0. The van der Waals surface area contributed by atoms with Crippen LogP contribution in [0.5, 0.6) is 5.75 Å². The first-order chi connectivity index (χ1) is 9.34. The fraction of sp³-hybridized carbons (Fsp3) is 0.0714. The predicted molar refractivity (Wildman–Crippen MR) is 70.9 cm³/mol. The van der Waals surface area contributed by atoms with Crippen LogP contribution in [-0.4, -0.2) is 15.0 Å². The molecule has 0 radical (unpaired) electrons. The summed E-state index contributed by atoms with van der Waals surface area (Å²) in [6, 6.07) is 16.4. The van der Waals surface area contributed by atoms with Crippen LogP contribution in [0.3, 0.4) is 0 Å². The molecule has 0 aliphatic rings. The van der Waals surface area contributed by atoms with Crippen LogP contribution >= 0.6 is 0 Å². The average Bonchev–Trinajstić information content (AvgIpc) is 2.48. The van der Waals surface area contributed by atoms with Gasteiger partial charge in [-0.25, -0.2) is 0 Å². The lowest BCUT2D eigenvalue weighted by atomic mass is 10.2. The van der Waals surface area contributed by atoms with Crippen molar-refractivity contribution in [3.63, 3.8) is 0 Å². The molecule has 2 aromatic carbocycles. The van der Waals surface area contributed by atoms with Gasteiger partial charge in [-0.2, -0.15) is 4.68 Å². The third-order valence-corrected chi connectivity index (χ3v) is 2.73. The Kier molecular flexibility index (Phi) is 2.94. The Hall–Kier alpha value is -2.69. The quantitative estimate of drug-likeness (QED) is 0.714. The second-order valence-electron chi connectivity index (χ2n) is 4.00. The number of fused-ring (bicyclic) bond motifs is 1. The van der Waals surface area contributed by atoms with Gasteiger partial charge in [-0.3, -0.25) is 4.79 Å². The van der Waals surface area contributed by atoms with Crippen molar-refractivity contribution in [3.05, 3.63) is 65.0 Å². The smallest absolute Gasteiger partial charge is 0.280 e. The highest BCUT2D eigenvalue weighted by atomic mass is 16.5. The lowest BCUT2D eigenvalue weighted by Gasteiger charge is -2.07. The minimum Gasteiger partial charge on any atom is -0.471 e. The van der Waals surface area contributed by atoms with Gasteiger partial charge in [-0.05, 0) is 24.3 Å². The van der Waals surface area contributed by atoms with Gasteiger partial charge in [0.2, 0.25) is 0 Å². The largest absolute Gasteiger partial charge is 0.471 e. The van der Waals surface area contributed by atoms with Crippen molar-refractivity contribution in [2.24, 2.45) is 0 Å². The van der Waals surface area contributed by atoms with Gasteiger partial charge in [-0.1, -0.05) is 35.5 Å². The molecule has 1 heterocycles. The summed E-state index contributed by atoms with van der Waals surface area (Å²) in [5.74, 6) is 0.685. The number of aromatic nitrogens is 3. The van der Waals surface area contributed by atoms with Crippen LogP contribution in [0.1, 0.15) is 0 Å². The maximum Gasteiger partial charge on any atom is 0.280 e. The molecule has 0 fully saturated rings. The van der Waals surface area contributed by atoms with E-state index in [1.54, 1.807) is 18.2 Å². The molecule has 0 atom stereocenters. The molecule has 0 amide bonds. The average molecular weight is 253 g/mol. The molecule has 0 saturated heterocycles. The van der Waals surface area contributed by atoms with Crippen LogP contribution in [0.4, 0.5) is 0 Å². The third-order valence-electron chi connectivity index (χ3n) is 2.73. The Bertz CT molecular complexity index is 753. The van der Waals surface area contributed by atoms with Gasteiger partial charge in [-0.15, -0.1) is 5.10 Å². The molecule has 0 N–H and O–H groups in total. The SMILES string of the molecule is O=c1c2ccccc2nnn1COc1ccccc1. The van der Waals surface area contributed by atoms with E-state index in [-0.39, 0.29) is 12.3 Å². The number of para-hydroxylation sites is 1. The van der Waals surface area contributed by atoms with E-state index in [9.17, 15) is 4.79 Å². The zero-order valence-corrected chi connectivity index (χ0v) is 10.1. The molecule has 5 nitrogen and oxygen atoms in total. The van der Waals surface area contributed by atoms with Gasteiger partial charge in [0.15, 0.2) is 6.73 Å². The molecule has 94 valence electrons. The van der Waals surface area contributed by atoms with Gasteiger partial charge in [0, 0.05) is 0 Å². The molecule has 1 aromatic heterocycles. The zero-order valence-electron chi connectivity index (χ0n) is 10.1. The van der Waals surface area contributed by atoms with Crippen LogP contribution in [-0.2, 0) is 6.73 Å². The summed E-state index contributed by atoms with van der Waals surface area (Å²) in [5, 5.41) is 8.37. The highest BCUT2D eigenvalue weighted by Crippen LogP contribution is 2.08. The standard InChI is InChI=1S/C14H11N3O2/c18-14-12-8-4-5-9-13(12)15-16-17(14)10-19-11-6-2-1-3-7-11/h1-9H,10H2. The monoisotopic (exact) mass is 253 g/mol. The van der Waals surface area contributed by atoms with Crippen molar-refractivity contribution in [1.29, 1.82) is 0 Å². The summed E-state index contributed by atoms with van der Waals surface area (Å²) in [4.78, 5) is 12.1. The molecule has 3 aromatic rings. The summed E-state index contributed by atoms with van der Waals surface area (Å²) >= 11 is 0. The Labute approximate surface area is 109 Å². The highest BCUT2D eigenvalue weighted by Gasteiger charge is 2.04. The van der Waals surface area contributed by atoms with E-state index in [0.29, 0.717) is 16.7 Å². The Morgan fingerprint density at radius 1 is 1.00 bits per heavy atom. The lowest BCUT2D eigenvalue weighted by Crippen LogP contribution is -2.26. The Morgan fingerprint density at radius 3 is 2.58 bits per heavy atom. The first kappa shape index (κ1) is 11.4. The van der Waals surface area contributed by atoms with Crippen molar-refractivity contribution in [2.75, 3.05) is 0 Å². The third kappa shape index (κ3) is 2.30. The molecule has 5 heteroatoms. The van der Waals surface area contributed by atoms with Gasteiger partial charge in [0.25, 0.3) is 5.56 Å². The van der Waals surface area contributed by atoms with Crippen molar-refractivity contribution in [1.82, 2.24) is 15.0 Å². The van der Waals surface area contributed by atoms with E-state index in [1.807, 2.05) is 36.4 Å². The fourth-order valence-electron chi connectivity index (χ4n) is 1.76. The van der Waals surface area contributed by atoms with Gasteiger partial charge in [0.05, 0.1) is 5.39 Å².